The van der Waals surface area contributed by atoms with Crippen molar-refractivity contribution in [2.24, 2.45) is 0 Å². The van der Waals surface area contributed by atoms with Crippen LogP contribution < -0.4 is 10.6 Å². The molecule has 0 aliphatic rings. The van der Waals surface area contributed by atoms with Crippen molar-refractivity contribution < 1.29 is 9.53 Å². The zero-order chi connectivity index (χ0) is 15.4. The molecule has 1 heterocycles. The van der Waals surface area contributed by atoms with Crippen molar-refractivity contribution in [3.05, 3.63) is 45.8 Å². The lowest BCUT2D eigenvalue weighted by Gasteiger charge is -2.10. The summed E-state index contributed by atoms with van der Waals surface area (Å²) in [4.78, 5) is 12.7. The van der Waals surface area contributed by atoms with Gasteiger partial charge in [0, 0.05) is 15.6 Å². The molecule has 0 aliphatic carbocycles. The fourth-order valence-electron chi connectivity index (χ4n) is 1.67. The van der Waals surface area contributed by atoms with E-state index in [1.54, 1.807) is 18.2 Å². The Kier molecular flexibility index (Phi) is 5.17. The summed E-state index contributed by atoms with van der Waals surface area (Å²) in [6, 6.07) is 8.93. The first-order valence-corrected chi connectivity index (χ1v) is 7.62. The number of methoxy groups -OCH3 is 1. The molecule has 2 rings (SSSR count). The molecular weight excluding hydrogens is 328 g/mol. The Hall–Kier alpha value is -1.63. The molecule has 21 heavy (non-hydrogen) atoms. The van der Waals surface area contributed by atoms with E-state index in [1.807, 2.05) is 19.1 Å². The van der Waals surface area contributed by atoms with Gasteiger partial charge in [-0.3, -0.25) is 0 Å². The monoisotopic (exact) mass is 340 g/mol. The number of hydrogen-bond donors (Lipinski definition) is 2. The quantitative estimate of drug-likeness (QED) is 0.644. The SMILES string of the molecule is COC(=O)c1cc(C)sc1NC(=S)Nc1ccc(Cl)cc1. The van der Waals surface area contributed by atoms with Gasteiger partial charge in [0.15, 0.2) is 5.11 Å². The summed E-state index contributed by atoms with van der Waals surface area (Å²) in [5, 5.41) is 7.75. The van der Waals surface area contributed by atoms with Crippen LogP contribution in [0.25, 0.3) is 0 Å². The van der Waals surface area contributed by atoms with Crippen LogP contribution in [0.15, 0.2) is 30.3 Å². The van der Waals surface area contributed by atoms with E-state index in [-0.39, 0.29) is 0 Å². The Balaban J connectivity index is 2.09. The summed E-state index contributed by atoms with van der Waals surface area (Å²) in [6.45, 7) is 1.91. The van der Waals surface area contributed by atoms with Gasteiger partial charge in [0.2, 0.25) is 0 Å². The lowest BCUT2D eigenvalue weighted by molar-refractivity contribution is 0.0602. The molecular formula is C14H13ClN2O2S2. The molecule has 7 heteroatoms. The summed E-state index contributed by atoms with van der Waals surface area (Å²) in [5.41, 5.74) is 1.28. The first-order chi connectivity index (χ1) is 9.99. The molecule has 0 saturated carbocycles. The number of hydrogen-bond acceptors (Lipinski definition) is 4. The van der Waals surface area contributed by atoms with Gasteiger partial charge in [-0.05, 0) is 49.5 Å². The van der Waals surface area contributed by atoms with Gasteiger partial charge in [-0.2, -0.15) is 0 Å². The van der Waals surface area contributed by atoms with E-state index < -0.39 is 5.97 Å². The predicted octanol–water partition coefficient (Wildman–Crippen LogP) is 4.31. The third-order valence-corrected chi connectivity index (χ3v) is 4.01. The number of carbonyl (C=O) groups is 1. The molecule has 1 aromatic carbocycles. The maximum Gasteiger partial charge on any atom is 0.340 e. The van der Waals surface area contributed by atoms with E-state index in [0.717, 1.165) is 10.6 Å². The van der Waals surface area contributed by atoms with Crippen LogP contribution in [-0.4, -0.2) is 18.2 Å². The molecule has 0 spiro atoms. The second-order valence-corrected chi connectivity index (χ2v) is 6.28. The largest absolute Gasteiger partial charge is 0.465 e. The van der Waals surface area contributed by atoms with Crippen molar-refractivity contribution >= 4 is 56.9 Å². The minimum absolute atomic E-state index is 0.392. The highest BCUT2D eigenvalue weighted by molar-refractivity contribution is 7.80. The Morgan fingerprint density at radius 1 is 1.29 bits per heavy atom. The van der Waals surface area contributed by atoms with Crippen LogP contribution in [0.3, 0.4) is 0 Å². The molecule has 0 bridgehead atoms. The number of anilines is 2. The molecule has 0 amide bonds. The van der Waals surface area contributed by atoms with Crippen LogP contribution in [0.1, 0.15) is 15.2 Å². The normalized spacial score (nSPS) is 10.0. The van der Waals surface area contributed by atoms with Crippen LogP contribution >= 0.6 is 35.2 Å². The molecule has 4 nitrogen and oxygen atoms in total. The van der Waals surface area contributed by atoms with Crippen LogP contribution in [0.5, 0.6) is 0 Å². The second-order valence-electron chi connectivity index (χ2n) is 4.18. The number of rotatable bonds is 3. The Morgan fingerprint density at radius 2 is 1.95 bits per heavy atom. The van der Waals surface area contributed by atoms with Gasteiger partial charge in [-0.25, -0.2) is 4.79 Å². The van der Waals surface area contributed by atoms with E-state index in [0.29, 0.717) is 20.7 Å². The molecule has 0 unspecified atom stereocenters. The highest BCUT2D eigenvalue weighted by Gasteiger charge is 2.16. The highest BCUT2D eigenvalue weighted by atomic mass is 35.5. The molecule has 0 radical (unpaired) electrons. The van der Waals surface area contributed by atoms with Crippen molar-refractivity contribution in [3.8, 4) is 0 Å². The minimum atomic E-state index is -0.392. The first-order valence-electron chi connectivity index (χ1n) is 6.02. The van der Waals surface area contributed by atoms with Gasteiger partial charge in [0.25, 0.3) is 0 Å². The number of halogens is 1. The zero-order valence-corrected chi connectivity index (χ0v) is 13.8. The molecule has 0 saturated heterocycles. The van der Waals surface area contributed by atoms with E-state index in [1.165, 1.54) is 18.4 Å². The standard InChI is InChI=1S/C14H13ClN2O2S2/c1-8-7-11(13(18)19-2)12(21-8)17-14(20)16-10-5-3-9(15)4-6-10/h3-7H,1-2H3,(H2,16,17,20). The van der Waals surface area contributed by atoms with Gasteiger partial charge < -0.3 is 15.4 Å². The zero-order valence-electron chi connectivity index (χ0n) is 11.4. The number of thiocarbonyl (C=S) groups is 1. The topological polar surface area (TPSA) is 50.4 Å². The predicted molar refractivity (Wildman–Crippen MR) is 91.7 cm³/mol. The number of esters is 1. The maximum atomic E-state index is 11.7. The number of thiophene rings is 1. The van der Waals surface area contributed by atoms with Crippen LogP contribution in [0.2, 0.25) is 5.02 Å². The average molecular weight is 341 g/mol. The molecule has 0 aliphatic heterocycles. The number of nitrogens with one attached hydrogen (secondary N) is 2. The number of carbonyl (C=O) groups excluding carboxylic acids is 1. The summed E-state index contributed by atoms with van der Waals surface area (Å²) in [6.07, 6.45) is 0. The van der Waals surface area contributed by atoms with Crippen LogP contribution in [0.4, 0.5) is 10.7 Å². The molecule has 110 valence electrons. The average Bonchev–Trinajstić information content (AvgIpc) is 2.81. The van der Waals surface area contributed by atoms with Crippen molar-refractivity contribution in [3.63, 3.8) is 0 Å². The molecule has 2 aromatic rings. The van der Waals surface area contributed by atoms with Crippen molar-refractivity contribution in [2.75, 3.05) is 17.7 Å². The molecule has 2 N–H and O–H groups in total. The fourth-order valence-corrected chi connectivity index (χ4v) is 2.98. The summed E-state index contributed by atoms with van der Waals surface area (Å²) in [5.74, 6) is -0.392. The van der Waals surface area contributed by atoms with Crippen LogP contribution in [-0.2, 0) is 4.74 Å². The Labute approximate surface area is 137 Å². The number of aryl methyl sites for hydroxylation is 1. The van der Waals surface area contributed by atoms with Crippen molar-refractivity contribution in [1.82, 2.24) is 0 Å². The molecule has 0 fully saturated rings. The molecule has 0 atom stereocenters. The van der Waals surface area contributed by atoms with Crippen molar-refractivity contribution in [1.29, 1.82) is 0 Å². The fraction of sp³-hybridized carbons (Fsp3) is 0.143. The third kappa shape index (κ3) is 4.17. The van der Waals surface area contributed by atoms with Gasteiger partial charge in [-0.1, -0.05) is 11.6 Å². The van der Waals surface area contributed by atoms with E-state index in [4.69, 9.17) is 28.6 Å². The first kappa shape index (κ1) is 15.8. The van der Waals surface area contributed by atoms with Crippen LogP contribution in [0, 0.1) is 6.92 Å². The van der Waals surface area contributed by atoms with E-state index in [2.05, 4.69) is 10.6 Å². The Morgan fingerprint density at radius 3 is 2.57 bits per heavy atom. The lowest BCUT2D eigenvalue weighted by atomic mass is 10.3. The Bertz CT molecular complexity index is 668. The number of benzene rings is 1. The minimum Gasteiger partial charge on any atom is -0.465 e. The van der Waals surface area contributed by atoms with E-state index >= 15 is 0 Å². The highest BCUT2D eigenvalue weighted by Crippen LogP contribution is 2.28. The summed E-state index contributed by atoms with van der Waals surface area (Å²) >= 11 is 12.5. The summed E-state index contributed by atoms with van der Waals surface area (Å²) < 4.78 is 4.75. The van der Waals surface area contributed by atoms with Gasteiger partial charge in [-0.15, -0.1) is 11.3 Å². The summed E-state index contributed by atoms with van der Waals surface area (Å²) in [7, 11) is 1.35. The van der Waals surface area contributed by atoms with Crippen molar-refractivity contribution in [2.45, 2.75) is 6.92 Å². The van der Waals surface area contributed by atoms with Gasteiger partial charge in [0.05, 0.1) is 12.7 Å². The lowest BCUT2D eigenvalue weighted by Crippen LogP contribution is -2.19. The number of ether oxygens (including phenoxy) is 1. The van der Waals surface area contributed by atoms with Gasteiger partial charge in [0.1, 0.15) is 5.00 Å². The van der Waals surface area contributed by atoms with E-state index in [9.17, 15) is 4.79 Å². The molecule has 1 aromatic heterocycles. The maximum absolute atomic E-state index is 11.7. The van der Waals surface area contributed by atoms with Gasteiger partial charge >= 0.3 is 5.97 Å². The third-order valence-electron chi connectivity index (χ3n) is 2.59. The smallest absolute Gasteiger partial charge is 0.340 e. The second kappa shape index (κ2) is 6.89.